The summed E-state index contributed by atoms with van der Waals surface area (Å²) < 4.78 is 1.65. The van der Waals surface area contributed by atoms with Gasteiger partial charge >= 0.3 is 0 Å². The summed E-state index contributed by atoms with van der Waals surface area (Å²) >= 11 is 0. The Labute approximate surface area is 179 Å². The zero-order chi connectivity index (χ0) is 22.5. The summed E-state index contributed by atoms with van der Waals surface area (Å²) in [6.45, 7) is 5.24. The molecule has 0 bridgehead atoms. The lowest BCUT2D eigenvalue weighted by Gasteiger charge is -2.10. The van der Waals surface area contributed by atoms with Crippen molar-refractivity contribution in [3.63, 3.8) is 0 Å². The van der Waals surface area contributed by atoms with Crippen LogP contribution in [0.3, 0.4) is 0 Å². The smallest absolute Gasteiger partial charge is 0.254 e. The van der Waals surface area contributed by atoms with Crippen molar-refractivity contribution in [2.75, 3.05) is 13.1 Å². The highest BCUT2D eigenvalue weighted by molar-refractivity contribution is 6.13. The van der Waals surface area contributed by atoms with Gasteiger partial charge in [0, 0.05) is 42.3 Å². The molecule has 0 atom stereocenters. The van der Waals surface area contributed by atoms with Gasteiger partial charge in [0.15, 0.2) is 0 Å². The van der Waals surface area contributed by atoms with Gasteiger partial charge in [0.05, 0.1) is 19.3 Å². The first kappa shape index (κ1) is 26.8. The van der Waals surface area contributed by atoms with E-state index in [2.05, 4.69) is 26.3 Å². The molecule has 2 aliphatic heterocycles. The maximum absolute atomic E-state index is 11.2. The predicted octanol–water partition coefficient (Wildman–Crippen LogP) is 1.22. The Morgan fingerprint density at radius 1 is 1.03 bits per heavy atom. The lowest BCUT2D eigenvalue weighted by atomic mass is 10.4. The second kappa shape index (κ2) is 13.9. The van der Waals surface area contributed by atoms with Crippen LogP contribution in [0.15, 0.2) is 35.6 Å². The van der Waals surface area contributed by atoms with Crippen LogP contribution in [-0.2, 0) is 32.3 Å². The molecule has 0 saturated carbocycles. The number of aryl methyl sites for hydroxylation is 1. The van der Waals surface area contributed by atoms with Gasteiger partial charge < -0.3 is 0 Å². The third-order valence-electron chi connectivity index (χ3n) is 3.49. The summed E-state index contributed by atoms with van der Waals surface area (Å²) in [5, 5.41) is 10.8. The molecule has 12 nitrogen and oxygen atoms in total. The van der Waals surface area contributed by atoms with Crippen molar-refractivity contribution in [2.45, 2.75) is 34.4 Å². The molecule has 0 spiro atoms. The standard InChI is InChI=1S/C9H10N4O2.C7H5NO2.C2H5N3.CH4/c1-2-12-5-7(10-11-12)6-13-8(14)3-4-9(13)15;1-2-5-8-6(9)3-4-7(8)10;1-2-4-5-3;/h3-5H,2,6H2,1H3;1,3-4H,5H2;2H2,1H3;1H4. The largest absolute Gasteiger partial charge is 0.269 e. The minimum absolute atomic E-state index is 0. The summed E-state index contributed by atoms with van der Waals surface area (Å²) in [7, 11) is 0. The summed E-state index contributed by atoms with van der Waals surface area (Å²) in [6.07, 6.45) is 11.6. The average molecular weight is 428 g/mol. The van der Waals surface area contributed by atoms with Crippen LogP contribution in [0.5, 0.6) is 0 Å². The Morgan fingerprint density at radius 3 is 1.90 bits per heavy atom. The van der Waals surface area contributed by atoms with Crippen LogP contribution in [0.1, 0.15) is 27.0 Å². The number of rotatable bonds is 5. The number of imide groups is 2. The molecule has 0 aliphatic carbocycles. The molecule has 164 valence electrons. The lowest BCUT2D eigenvalue weighted by molar-refractivity contribution is -0.138. The van der Waals surface area contributed by atoms with E-state index in [4.69, 9.17) is 12.0 Å². The number of hydrogen-bond acceptors (Lipinski definition) is 7. The van der Waals surface area contributed by atoms with Crippen LogP contribution < -0.4 is 0 Å². The van der Waals surface area contributed by atoms with Crippen LogP contribution in [0.25, 0.3) is 10.4 Å². The molecule has 0 saturated heterocycles. The van der Waals surface area contributed by atoms with E-state index >= 15 is 0 Å². The number of nitrogens with zero attached hydrogens (tertiary/aromatic N) is 8. The number of hydrogen-bond donors (Lipinski definition) is 0. The number of aromatic nitrogens is 3. The first-order chi connectivity index (χ1) is 14.4. The number of azide groups is 1. The van der Waals surface area contributed by atoms with E-state index in [1.807, 2.05) is 6.92 Å². The van der Waals surface area contributed by atoms with Crippen molar-refractivity contribution < 1.29 is 19.2 Å². The first-order valence-electron chi connectivity index (χ1n) is 8.78. The molecule has 0 aromatic carbocycles. The van der Waals surface area contributed by atoms with Gasteiger partial charge in [-0.15, -0.1) is 11.5 Å². The molecule has 0 radical (unpaired) electrons. The van der Waals surface area contributed by atoms with E-state index in [-0.39, 0.29) is 44.1 Å². The molecule has 3 rings (SSSR count). The molecule has 3 heterocycles. The molecule has 31 heavy (non-hydrogen) atoms. The fraction of sp³-hybridized carbons (Fsp3) is 0.368. The quantitative estimate of drug-likeness (QED) is 0.226. The van der Waals surface area contributed by atoms with Crippen molar-refractivity contribution in [3.05, 3.63) is 46.6 Å². The number of carbonyl (C=O) groups excluding carboxylic acids is 4. The Morgan fingerprint density at radius 2 is 1.55 bits per heavy atom. The third-order valence-corrected chi connectivity index (χ3v) is 3.49. The minimum Gasteiger partial charge on any atom is -0.269 e. The van der Waals surface area contributed by atoms with E-state index in [0.717, 1.165) is 9.80 Å². The topological polar surface area (TPSA) is 154 Å². The SMILES string of the molecule is C.C#CCN1C(=O)C=CC1=O.CCN=[N+]=[N-].CCn1cc(CN2C(=O)C=CC2=O)nn1. The van der Waals surface area contributed by atoms with Crippen LogP contribution >= 0.6 is 0 Å². The zero-order valence-electron chi connectivity index (χ0n) is 16.5. The second-order valence-corrected chi connectivity index (χ2v) is 5.51. The number of carbonyl (C=O) groups is 4. The van der Waals surface area contributed by atoms with Crippen molar-refractivity contribution >= 4 is 23.6 Å². The highest BCUT2D eigenvalue weighted by atomic mass is 16.2. The van der Waals surface area contributed by atoms with Crippen molar-refractivity contribution in [1.29, 1.82) is 0 Å². The average Bonchev–Trinajstić information content (AvgIpc) is 3.41. The van der Waals surface area contributed by atoms with Crippen LogP contribution in [0.2, 0.25) is 0 Å². The molecule has 1 aromatic rings. The van der Waals surface area contributed by atoms with E-state index < -0.39 is 0 Å². The highest BCUT2D eigenvalue weighted by Gasteiger charge is 2.24. The van der Waals surface area contributed by atoms with E-state index in [0.29, 0.717) is 18.8 Å². The Balaban J connectivity index is 0.000000489. The molecular formula is C19H24N8O4. The minimum atomic E-state index is -0.331. The van der Waals surface area contributed by atoms with Crippen molar-refractivity contribution in [2.24, 2.45) is 5.11 Å². The van der Waals surface area contributed by atoms with E-state index in [9.17, 15) is 19.2 Å². The van der Waals surface area contributed by atoms with Gasteiger partial charge in [-0.05, 0) is 12.5 Å². The van der Waals surface area contributed by atoms with Gasteiger partial charge in [0.1, 0.15) is 5.69 Å². The molecule has 12 heteroatoms. The van der Waals surface area contributed by atoms with Gasteiger partial charge in [-0.3, -0.25) is 33.7 Å². The molecular weight excluding hydrogens is 404 g/mol. The molecule has 2 aliphatic rings. The fourth-order valence-electron chi connectivity index (χ4n) is 2.06. The van der Waals surface area contributed by atoms with Crippen molar-refractivity contribution in [1.82, 2.24) is 24.8 Å². The lowest BCUT2D eigenvalue weighted by Crippen LogP contribution is -2.29. The van der Waals surface area contributed by atoms with Gasteiger partial charge in [0.25, 0.3) is 23.6 Å². The summed E-state index contributed by atoms with van der Waals surface area (Å²) in [4.78, 5) is 48.5. The Kier molecular flexibility index (Phi) is 12.0. The maximum atomic E-state index is 11.2. The molecule has 0 N–H and O–H groups in total. The predicted molar refractivity (Wildman–Crippen MR) is 112 cm³/mol. The van der Waals surface area contributed by atoms with Gasteiger partial charge in [0.2, 0.25) is 0 Å². The van der Waals surface area contributed by atoms with E-state index in [1.165, 1.54) is 24.3 Å². The molecule has 4 amide bonds. The first-order valence-corrected chi connectivity index (χ1v) is 8.78. The Hall–Kier alpha value is -4.23. The fourth-order valence-corrected chi connectivity index (χ4v) is 2.06. The number of amides is 4. The van der Waals surface area contributed by atoms with Crippen LogP contribution in [0.4, 0.5) is 0 Å². The summed E-state index contributed by atoms with van der Waals surface area (Å²) in [6, 6.07) is 0. The van der Waals surface area contributed by atoms with Crippen molar-refractivity contribution in [3.8, 4) is 12.3 Å². The maximum Gasteiger partial charge on any atom is 0.254 e. The summed E-state index contributed by atoms with van der Waals surface area (Å²) in [5.74, 6) is 0.954. The second-order valence-electron chi connectivity index (χ2n) is 5.51. The number of terminal acetylenes is 1. The van der Waals surface area contributed by atoms with Crippen LogP contribution in [0, 0.1) is 12.3 Å². The van der Waals surface area contributed by atoms with Crippen LogP contribution in [-0.4, -0.2) is 61.5 Å². The monoisotopic (exact) mass is 428 g/mol. The molecule has 0 unspecified atom stereocenters. The molecule has 1 aromatic heterocycles. The zero-order valence-corrected chi connectivity index (χ0v) is 16.5. The third kappa shape index (κ3) is 8.35. The Bertz CT molecular complexity index is 914. The normalized spacial score (nSPS) is 13.6. The highest BCUT2D eigenvalue weighted by Crippen LogP contribution is 2.08. The van der Waals surface area contributed by atoms with Gasteiger partial charge in [-0.2, -0.15) is 0 Å². The van der Waals surface area contributed by atoms with Gasteiger partial charge in [-0.25, -0.2) is 0 Å². The summed E-state index contributed by atoms with van der Waals surface area (Å²) in [5.41, 5.74) is 8.14. The van der Waals surface area contributed by atoms with E-state index in [1.54, 1.807) is 17.8 Å². The van der Waals surface area contributed by atoms with Gasteiger partial charge in [-0.1, -0.05) is 30.6 Å². The molecule has 0 fully saturated rings.